The summed E-state index contributed by atoms with van der Waals surface area (Å²) in [4.78, 5) is 17.6. The number of hydrogen-bond donors (Lipinski definition) is 4. The summed E-state index contributed by atoms with van der Waals surface area (Å²) >= 11 is 0. The molecule has 0 unspecified atom stereocenters. The van der Waals surface area contributed by atoms with E-state index in [0.717, 1.165) is 6.21 Å². The van der Waals surface area contributed by atoms with E-state index in [9.17, 15) is 4.79 Å². The fourth-order valence-electron chi connectivity index (χ4n) is 0.916. The summed E-state index contributed by atoms with van der Waals surface area (Å²) in [6.45, 7) is 4.98. The number of hydrogen-bond acceptors (Lipinski definition) is 5. The van der Waals surface area contributed by atoms with E-state index in [1.54, 1.807) is 6.92 Å². The topological polar surface area (TPSA) is 108 Å². The highest BCUT2D eigenvalue weighted by molar-refractivity contribution is 5.81. The van der Waals surface area contributed by atoms with E-state index in [0.29, 0.717) is 11.4 Å². The molecule has 0 saturated carbocycles. The van der Waals surface area contributed by atoms with Crippen molar-refractivity contribution in [2.24, 2.45) is 5.73 Å². The third kappa shape index (κ3) is 1.98. The molecular weight excluding hydrogens is 182 g/mol. The van der Waals surface area contributed by atoms with Gasteiger partial charge in [-0.1, -0.05) is 6.58 Å². The lowest BCUT2D eigenvalue weighted by atomic mass is 10.4. The molecule has 0 bridgehead atoms. The van der Waals surface area contributed by atoms with Crippen molar-refractivity contribution in [2.75, 3.05) is 5.32 Å². The fraction of sp³-hybridized carbons (Fsp3) is 0.125. The normalized spacial score (nSPS) is 9.50. The second kappa shape index (κ2) is 3.73. The third-order valence-corrected chi connectivity index (χ3v) is 1.53. The molecule has 14 heavy (non-hydrogen) atoms. The monoisotopic (exact) mass is 193 g/mol. The molecule has 0 spiro atoms. The average Bonchev–Trinajstić information content (AvgIpc) is 2.10. The molecule has 1 heterocycles. The molecule has 1 rings (SSSR count). The van der Waals surface area contributed by atoms with Crippen molar-refractivity contribution in [3.63, 3.8) is 0 Å². The maximum Gasteiger partial charge on any atom is 0.270 e. The summed E-state index contributed by atoms with van der Waals surface area (Å²) in [7, 11) is 0. The molecule has 74 valence electrons. The molecule has 1 aromatic rings. The van der Waals surface area contributed by atoms with Crippen molar-refractivity contribution in [3.8, 4) is 0 Å². The van der Waals surface area contributed by atoms with E-state index in [1.807, 2.05) is 0 Å². The zero-order valence-electron chi connectivity index (χ0n) is 7.72. The van der Waals surface area contributed by atoms with Gasteiger partial charge in [-0.05, 0) is 6.92 Å². The number of aryl methyl sites for hydroxylation is 1. The summed E-state index contributed by atoms with van der Waals surface area (Å²) in [6, 6.07) is 0. The molecule has 0 saturated heterocycles. The van der Waals surface area contributed by atoms with E-state index in [4.69, 9.17) is 11.1 Å². The predicted octanol–water partition coefficient (Wildman–Crippen LogP) is -0.0822. The van der Waals surface area contributed by atoms with Gasteiger partial charge >= 0.3 is 0 Å². The van der Waals surface area contributed by atoms with Crippen LogP contribution in [-0.4, -0.2) is 16.2 Å². The van der Waals surface area contributed by atoms with Crippen LogP contribution in [0.1, 0.15) is 11.4 Å². The number of aromatic nitrogens is 2. The first kappa shape index (κ1) is 9.97. The van der Waals surface area contributed by atoms with E-state index < -0.39 is 0 Å². The minimum Gasteiger partial charge on any atom is -0.386 e. The van der Waals surface area contributed by atoms with Gasteiger partial charge in [-0.25, -0.2) is 4.98 Å². The number of H-pyrrole nitrogens is 1. The van der Waals surface area contributed by atoms with E-state index in [1.165, 1.54) is 0 Å². The summed E-state index contributed by atoms with van der Waals surface area (Å²) in [5, 5.41) is 9.68. The van der Waals surface area contributed by atoms with Crippen LogP contribution >= 0.6 is 0 Å². The lowest BCUT2D eigenvalue weighted by molar-refractivity contribution is 1.05. The van der Waals surface area contributed by atoms with E-state index in [-0.39, 0.29) is 17.2 Å². The van der Waals surface area contributed by atoms with Crippen LogP contribution in [0.4, 0.5) is 5.82 Å². The molecule has 0 aliphatic carbocycles. The molecule has 0 atom stereocenters. The molecule has 0 aromatic carbocycles. The van der Waals surface area contributed by atoms with Crippen LogP contribution in [0.15, 0.2) is 17.2 Å². The van der Waals surface area contributed by atoms with Crippen LogP contribution in [0.2, 0.25) is 0 Å². The Hall–Kier alpha value is -2.11. The quantitative estimate of drug-likeness (QED) is 0.503. The highest BCUT2D eigenvalue weighted by atomic mass is 16.1. The molecule has 5 N–H and O–H groups in total. The maximum atomic E-state index is 11.2. The van der Waals surface area contributed by atoms with E-state index >= 15 is 0 Å². The zero-order valence-corrected chi connectivity index (χ0v) is 7.72. The maximum absolute atomic E-state index is 11.2. The molecule has 6 nitrogen and oxygen atoms in total. The van der Waals surface area contributed by atoms with Gasteiger partial charge in [-0.15, -0.1) is 0 Å². The molecule has 1 aromatic heterocycles. The van der Waals surface area contributed by atoms with E-state index in [2.05, 4.69) is 21.9 Å². The number of anilines is 1. The minimum absolute atomic E-state index is 0.175. The van der Waals surface area contributed by atoms with Crippen LogP contribution in [-0.2, 0) is 0 Å². The van der Waals surface area contributed by atoms with Crippen LogP contribution in [0, 0.1) is 12.3 Å². The van der Waals surface area contributed by atoms with Crippen molar-refractivity contribution in [1.82, 2.24) is 9.97 Å². The number of nitrogens with one attached hydrogen (secondary N) is 3. The first-order chi connectivity index (χ1) is 6.54. The Kier molecular flexibility index (Phi) is 2.66. The predicted molar refractivity (Wildman–Crippen MR) is 54.4 cm³/mol. The average molecular weight is 193 g/mol. The Morgan fingerprint density at radius 2 is 2.43 bits per heavy atom. The first-order valence-electron chi connectivity index (χ1n) is 3.87. The Morgan fingerprint density at radius 1 is 1.79 bits per heavy atom. The molecule has 0 aliphatic rings. The van der Waals surface area contributed by atoms with Gasteiger partial charge in [0.25, 0.3) is 5.56 Å². The SMILES string of the molecule is C=C(N)Nc1[nH]c(=O)c(C)nc1C=N. The number of nitrogens with zero attached hydrogens (tertiary/aromatic N) is 1. The van der Waals surface area contributed by atoms with Gasteiger partial charge in [0.2, 0.25) is 0 Å². The second-order valence-electron chi connectivity index (χ2n) is 2.71. The van der Waals surface area contributed by atoms with Gasteiger partial charge in [-0.3, -0.25) is 4.79 Å². The fourth-order valence-corrected chi connectivity index (χ4v) is 0.916. The highest BCUT2D eigenvalue weighted by Crippen LogP contribution is 2.05. The molecule has 6 heteroatoms. The minimum atomic E-state index is -0.320. The standard InChI is InChI=1S/C8H11N5O/c1-4-8(14)13-7(12-5(2)10)6(3-9)11-4/h3,9H,2,10H2,1H3,(H2,12,13,14). The van der Waals surface area contributed by atoms with Crippen LogP contribution in [0.25, 0.3) is 0 Å². The highest BCUT2D eigenvalue weighted by Gasteiger charge is 2.05. The largest absolute Gasteiger partial charge is 0.386 e. The van der Waals surface area contributed by atoms with Crippen LogP contribution < -0.4 is 16.6 Å². The Morgan fingerprint density at radius 3 is 2.93 bits per heavy atom. The summed E-state index contributed by atoms with van der Waals surface area (Å²) in [5.74, 6) is 0.456. The van der Waals surface area contributed by atoms with Gasteiger partial charge in [0.05, 0.1) is 5.82 Å². The molecular formula is C8H11N5O. The number of rotatable bonds is 3. The van der Waals surface area contributed by atoms with Crippen LogP contribution in [0.5, 0.6) is 0 Å². The van der Waals surface area contributed by atoms with Gasteiger partial charge in [0.15, 0.2) is 0 Å². The van der Waals surface area contributed by atoms with Crippen molar-refractivity contribution in [3.05, 3.63) is 34.1 Å². The Balaban J connectivity index is 3.27. The van der Waals surface area contributed by atoms with Crippen LogP contribution in [0.3, 0.4) is 0 Å². The van der Waals surface area contributed by atoms with Crippen molar-refractivity contribution in [1.29, 1.82) is 5.41 Å². The molecule has 0 fully saturated rings. The van der Waals surface area contributed by atoms with Gasteiger partial charge < -0.3 is 21.4 Å². The summed E-state index contributed by atoms with van der Waals surface area (Å²) < 4.78 is 0. The smallest absolute Gasteiger partial charge is 0.270 e. The van der Waals surface area contributed by atoms with Gasteiger partial charge in [0, 0.05) is 6.21 Å². The summed E-state index contributed by atoms with van der Waals surface area (Å²) in [5.41, 5.74) is 5.60. The zero-order chi connectivity index (χ0) is 10.7. The number of nitrogens with two attached hydrogens (primary N) is 1. The third-order valence-electron chi connectivity index (χ3n) is 1.53. The van der Waals surface area contributed by atoms with Gasteiger partial charge in [-0.2, -0.15) is 0 Å². The molecule has 0 radical (unpaired) electrons. The number of aromatic amines is 1. The molecule has 0 aliphatic heterocycles. The first-order valence-corrected chi connectivity index (χ1v) is 3.87. The van der Waals surface area contributed by atoms with Crippen molar-refractivity contribution >= 4 is 12.0 Å². The van der Waals surface area contributed by atoms with Crippen molar-refractivity contribution in [2.45, 2.75) is 6.92 Å². The summed E-state index contributed by atoms with van der Waals surface area (Å²) in [6.07, 6.45) is 1.02. The Bertz CT molecular complexity index is 434. The Labute approximate surface area is 80.4 Å². The molecule has 0 amide bonds. The van der Waals surface area contributed by atoms with Crippen molar-refractivity contribution < 1.29 is 0 Å². The van der Waals surface area contributed by atoms with Gasteiger partial charge in [0.1, 0.15) is 17.2 Å². The lowest BCUT2D eigenvalue weighted by Gasteiger charge is -2.07. The second-order valence-corrected chi connectivity index (χ2v) is 2.71. The lowest BCUT2D eigenvalue weighted by Crippen LogP contribution is -2.19.